The van der Waals surface area contributed by atoms with Gasteiger partial charge in [0.05, 0.1) is 0 Å². The monoisotopic (exact) mass is 244 g/mol. The van der Waals surface area contributed by atoms with Gasteiger partial charge in [0.15, 0.2) is 0 Å². The molecule has 0 aromatic heterocycles. The molecular weight excluding hydrogens is 224 g/mol. The fourth-order valence-electron chi connectivity index (χ4n) is 1.23. The smallest absolute Gasteiger partial charge is 0.326 e. The Morgan fingerprint density at radius 1 is 1.24 bits per heavy atom. The second kappa shape index (κ2) is 7.65. The maximum atomic E-state index is 11.4. The van der Waals surface area contributed by atoms with Gasteiger partial charge in [-0.3, -0.25) is 9.59 Å². The number of carboxylic acids is 1. The molecule has 0 spiro atoms. The van der Waals surface area contributed by atoms with Crippen LogP contribution >= 0.6 is 0 Å². The molecule has 0 fully saturated rings. The van der Waals surface area contributed by atoms with Crippen LogP contribution in [0.25, 0.3) is 0 Å². The van der Waals surface area contributed by atoms with E-state index >= 15 is 0 Å². The molecule has 2 N–H and O–H groups in total. The lowest BCUT2D eigenvalue weighted by Gasteiger charge is -2.12. The van der Waals surface area contributed by atoms with Crippen LogP contribution in [0.3, 0.4) is 0 Å². The van der Waals surface area contributed by atoms with Crippen LogP contribution in [-0.4, -0.2) is 47.9 Å². The van der Waals surface area contributed by atoms with Crippen LogP contribution in [-0.2, 0) is 14.4 Å². The Morgan fingerprint density at radius 3 is 2.24 bits per heavy atom. The highest BCUT2D eigenvalue weighted by Crippen LogP contribution is 2.00. The summed E-state index contributed by atoms with van der Waals surface area (Å²) in [5.41, 5.74) is 0. The lowest BCUT2D eigenvalue weighted by atomic mass is 10.2. The molecular formula is C11H20N2O4. The van der Waals surface area contributed by atoms with Gasteiger partial charge in [-0.25, -0.2) is 4.79 Å². The molecule has 0 aliphatic rings. The molecule has 1 unspecified atom stereocenters. The second-order valence-electron chi connectivity index (χ2n) is 4.01. The zero-order valence-corrected chi connectivity index (χ0v) is 10.5. The SMILES string of the molecule is CCC(NC(=O)CCCC(=O)N(C)C)C(=O)O. The highest BCUT2D eigenvalue weighted by molar-refractivity contribution is 5.83. The van der Waals surface area contributed by atoms with Crippen LogP contribution in [0.2, 0.25) is 0 Å². The summed E-state index contributed by atoms with van der Waals surface area (Å²) in [6, 6.07) is -0.841. The zero-order valence-electron chi connectivity index (χ0n) is 10.5. The Bertz CT molecular complexity index is 289. The predicted octanol–water partition coefficient (Wildman–Crippen LogP) is 0.224. The van der Waals surface area contributed by atoms with Crippen molar-refractivity contribution in [1.29, 1.82) is 0 Å². The highest BCUT2D eigenvalue weighted by atomic mass is 16.4. The van der Waals surface area contributed by atoms with Crippen LogP contribution in [0.5, 0.6) is 0 Å². The molecule has 0 bridgehead atoms. The third-order valence-electron chi connectivity index (χ3n) is 2.33. The first-order valence-electron chi connectivity index (χ1n) is 5.60. The summed E-state index contributed by atoms with van der Waals surface area (Å²) in [5.74, 6) is -1.40. The third-order valence-corrected chi connectivity index (χ3v) is 2.33. The van der Waals surface area contributed by atoms with E-state index in [4.69, 9.17) is 5.11 Å². The first-order valence-corrected chi connectivity index (χ1v) is 5.60. The van der Waals surface area contributed by atoms with Crippen molar-refractivity contribution < 1.29 is 19.5 Å². The predicted molar refractivity (Wildman–Crippen MR) is 62.4 cm³/mol. The second-order valence-corrected chi connectivity index (χ2v) is 4.01. The fraction of sp³-hybridized carbons (Fsp3) is 0.727. The van der Waals surface area contributed by atoms with Crippen molar-refractivity contribution in [2.45, 2.75) is 38.6 Å². The first kappa shape index (κ1) is 15.4. The van der Waals surface area contributed by atoms with E-state index < -0.39 is 12.0 Å². The van der Waals surface area contributed by atoms with E-state index in [9.17, 15) is 14.4 Å². The lowest BCUT2D eigenvalue weighted by molar-refractivity contribution is -0.142. The van der Waals surface area contributed by atoms with E-state index in [-0.39, 0.29) is 18.2 Å². The van der Waals surface area contributed by atoms with Gasteiger partial charge in [0.25, 0.3) is 0 Å². The Labute approximate surface area is 101 Å². The molecule has 98 valence electrons. The average Bonchev–Trinajstić information content (AvgIpc) is 2.25. The van der Waals surface area contributed by atoms with Gasteiger partial charge < -0.3 is 15.3 Å². The summed E-state index contributed by atoms with van der Waals surface area (Å²) in [6.45, 7) is 1.69. The van der Waals surface area contributed by atoms with Crippen LogP contribution in [0, 0.1) is 0 Å². The van der Waals surface area contributed by atoms with Crippen molar-refractivity contribution in [3.63, 3.8) is 0 Å². The van der Waals surface area contributed by atoms with Crippen LogP contribution < -0.4 is 5.32 Å². The van der Waals surface area contributed by atoms with Gasteiger partial charge in [0.1, 0.15) is 6.04 Å². The van der Waals surface area contributed by atoms with Gasteiger partial charge in [-0.2, -0.15) is 0 Å². The Morgan fingerprint density at radius 2 is 1.82 bits per heavy atom. The Hall–Kier alpha value is -1.59. The third kappa shape index (κ3) is 6.55. The van der Waals surface area contributed by atoms with Crippen LogP contribution in [0.1, 0.15) is 32.6 Å². The number of amides is 2. The van der Waals surface area contributed by atoms with Crippen LogP contribution in [0.4, 0.5) is 0 Å². The van der Waals surface area contributed by atoms with Gasteiger partial charge in [-0.15, -0.1) is 0 Å². The summed E-state index contributed by atoms with van der Waals surface area (Å²) in [4.78, 5) is 34.7. The van der Waals surface area contributed by atoms with Crippen molar-refractivity contribution >= 4 is 17.8 Å². The molecule has 0 saturated heterocycles. The van der Waals surface area contributed by atoms with E-state index in [0.29, 0.717) is 19.3 Å². The molecule has 2 amide bonds. The number of carbonyl (C=O) groups excluding carboxylic acids is 2. The number of hydrogen-bond donors (Lipinski definition) is 2. The van der Waals surface area contributed by atoms with Gasteiger partial charge in [-0.05, 0) is 12.8 Å². The highest BCUT2D eigenvalue weighted by Gasteiger charge is 2.17. The summed E-state index contributed by atoms with van der Waals surface area (Å²) >= 11 is 0. The minimum absolute atomic E-state index is 0.0388. The van der Waals surface area contributed by atoms with Crippen molar-refractivity contribution in [2.24, 2.45) is 0 Å². The zero-order chi connectivity index (χ0) is 13.4. The molecule has 6 heteroatoms. The molecule has 0 heterocycles. The first-order chi connectivity index (χ1) is 7.88. The normalized spacial score (nSPS) is 11.7. The quantitative estimate of drug-likeness (QED) is 0.671. The topological polar surface area (TPSA) is 86.7 Å². The summed E-state index contributed by atoms with van der Waals surface area (Å²) < 4.78 is 0. The number of nitrogens with one attached hydrogen (secondary N) is 1. The van der Waals surface area contributed by atoms with Gasteiger partial charge in [0, 0.05) is 26.9 Å². The van der Waals surface area contributed by atoms with Crippen molar-refractivity contribution in [2.75, 3.05) is 14.1 Å². The average molecular weight is 244 g/mol. The van der Waals surface area contributed by atoms with Gasteiger partial charge in [-0.1, -0.05) is 6.92 Å². The van der Waals surface area contributed by atoms with Crippen molar-refractivity contribution in [3.8, 4) is 0 Å². The summed E-state index contributed by atoms with van der Waals surface area (Å²) in [7, 11) is 3.31. The Kier molecular flexibility index (Phi) is 6.93. The summed E-state index contributed by atoms with van der Waals surface area (Å²) in [5, 5.41) is 11.1. The molecule has 0 saturated carbocycles. The maximum absolute atomic E-state index is 11.4. The van der Waals surface area contributed by atoms with E-state index in [0.717, 1.165) is 0 Å². The molecule has 0 aliphatic heterocycles. The van der Waals surface area contributed by atoms with Gasteiger partial charge in [0.2, 0.25) is 11.8 Å². The number of nitrogens with zero attached hydrogens (tertiary/aromatic N) is 1. The molecule has 1 atom stereocenters. The van der Waals surface area contributed by atoms with E-state index in [1.54, 1.807) is 21.0 Å². The largest absolute Gasteiger partial charge is 0.480 e. The molecule has 0 aromatic rings. The van der Waals surface area contributed by atoms with E-state index in [1.807, 2.05) is 0 Å². The van der Waals surface area contributed by atoms with E-state index in [1.165, 1.54) is 4.90 Å². The lowest BCUT2D eigenvalue weighted by Crippen LogP contribution is -2.40. The minimum Gasteiger partial charge on any atom is -0.480 e. The van der Waals surface area contributed by atoms with Crippen LogP contribution in [0.15, 0.2) is 0 Å². The summed E-state index contributed by atoms with van der Waals surface area (Å²) in [6.07, 6.45) is 1.24. The number of aliphatic carboxylic acids is 1. The maximum Gasteiger partial charge on any atom is 0.326 e. The molecule has 6 nitrogen and oxygen atoms in total. The molecule has 17 heavy (non-hydrogen) atoms. The molecule has 0 rings (SSSR count). The number of hydrogen-bond acceptors (Lipinski definition) is 3. The standard InChI is InChI=1S/C11H20N2O4/c1-4-8(11(16)17)12-9(14)6-5-7-10(15)13(2)3/h8H,4-7H2,1-3H3,(H,12,14)(H,16,17). The molecule has 0 aliphatic carbocycles. The minimum atomic E-state index is -1.04. The Balaban J connectivity index is 3.87. The fourth-order valence-corrected chi connectivity index (χ4v) is 1.23. The van der Waals surface area contributed by atoms with E-state index in [2.05, 4.69) is 5.32 Å². The van der Waals surface area contributed by atoms with Crippen molar-refractivity contribution in [1.82, 2.24) is 10.2 Å². The van der Waals surface area contributed by atoms with Gasteiger partial charge >= 0.3 is 5.97 Å². The van der Waals surface area contributed by atoms with Crippen molar-refractivity contribution in [3.05, 3.63) is 0 Å². The number of carbonyl (C=O) groups is 3. The molecule has 0 aromatic carbocycles. The molecule has 0 radical (unpaired) electrons. The number of carboxylic acid groups (broad SMARTS) is 1. The number of rotatable bonds is 7.